The number of hydrogen-bond acceptors (Lipinski definition) is 7. The predicted molar refractivity (Wildman–Crippen MR) is 135 cm³/mol. The van der Waals surface area contributed by atoms with Crippen LogP contribution in [0.1, 0.15) is 48.8 Å². The minimum atomic E-state index is -1.83. The van der Waals surface area contributed by atoms with Gasteiger partial charge in [-0.15, -0.1) is 0 Å². The highest BCUT2D eigenvalue weighted by Crippen LogP contribution is 2.40. The lowest BCUT2D eigenvalue weighted by molar-refractivity contribution is 0.118. The number of aryl methyl sites for hydroxylation is 1. The quantitative estimate of drug-likeness (QED) is 0.268. The van der Waals surface area contributed by atoms with Gasteiger partial charge in [0.25, 0.3) is 0 Å². The SMILES string of the molecule is Cc1onc(-c2ccc(-c3ccc(C4CC4)cc3)cc2)c1NC(=O)OC(C)c1cnccn1.O=C(O)O. The molecule has 2 heterocycles. The number of benzene rings is 2. The molecule has 1 fully saturated rings. The monoisotopic (exact) mass is 502 g/mol. The maximum absolute atomic E-state index is 12.5. The number of aromatic nitrogens is 3. The third-order valence-electron chi connectivity index (χ3n) is 5.82. The largest absolute Gasteiger partial charge is 0.503 e. The summed E-state index contributed by atoms with van der Waals surface area (Å²) in [5, 5.41) is 20.9. The summed E-state index contributed by atoms with van der Waals surface area (Å²) in [5.74, 6) is 1.24. The van der Waals surface area contributed by atoms with Gasteiger partial charge in [-0.05, 0) is 49.3 Å². The second-order valence-electron chi connectivity index (χ2n) is 8.52. The fourth-order valence-corrected chi connectivity index (χ4v) is 3.77. The molecule has 1 unspecified atom stereocenters. The van der Waals surface area contributed by atoms with Crippen LogP contribution in [0.25, 0.3) is 22.4 Å². The fourth-order valence-electron chi connectivity index (χ4n) is 3.77. The van der Waals surface area contributed by atoms with Crippen LogP contribution in [0.2, 0.25) is 0 Å². The van der Waals surface area contributed by atoms with E-state index in [1.54, 1.807) is 32.4 Å². The van der Waals surface area contributed by atoms with Gasteiger partial charge < -0.3 is 19.5 Å². The molecule has 1 amide bonds. The second kappa shape index (κ2) is 11.3. The van der Waals surface area contributed by atoms with E-state index in [0.29, 0.717) is 22.8 Å². The van der Waals surface area contributed by atoms with E-state index in [9.17, 15) is 4.79 Å². The van der Waals surface area contributed by atoms with E-state index in [-0.39, 0.29) is 0 Å². The topological polar surface area (TPSA) is 148 Å². The van der Waals surface area contributed by atoms with Crippen molar-refractivity contribution in [1.29, 1.82) is 0 Å². The molecule has 1 saturated carbocycles. The lowest BCUT2D eigenvalue weighted by Crippen LogP contribution is -2.17. The molecule has 2 aromatic heterocycles. The van der Waals surface area contributed by atoms with Gasteiger partial charge in [-0.25, -0.2) is 9.59 Å². The highest BCUT2D eigenvalue weighted by atomic mass is 16.6. The summed E-state index contributed by atoms with van der Waals surface area (Å²) < 4.78 is 10.8. The van der Waals surface area contributed by atoms with Crippen molar-refractivity contribution in [3.05, 3.63) is 84.1 Å². The molecular formula is C27H26N4O6. The molecule has 0 aliphatic heterocycles. The maximum Gasteiger partial charge on any atom is 0.503 e. The van der Waals surface area contributed by atoms with E-state index in [2.05, 4.69) is 44.7 Å². The van der Waals surface area contributed by atoms with Crippen LogP contribution in [-0.2, 0) is 4.74 Å². The van der Waals surface area contributed by atoms with Gasteiger partial charge in [-0.2, -0.15) is 0 Å². The van der Waals surface area contributed by atoms with E-state index < -0.39 is 18.4 Å². The Kier molecular flexibility index (Phi) is 7.77. The molecule has 0 bridgehead atoms. The summed E-state index contributed by atoms with van der Waals surface area (Å²) in [6.45, 7) is 3.48. The molecule has 190 valence electrons. The molecule has 1 aliphatic carbocycles. The van der Waals surface area contributed by atoms with Gasteiger partial charge in [0.1, 0.15) is 17.5 Å². The number of ether oxygens (including phenoxy) is 1. The van der Waals surface area contributed by atoms with Crippen LogP contribution in [-0.4, -0.2) is 37.6 Å². The molecule has 10 nitrogen and oxygen atoms in total. The van der Waals surface area contributed by atoms with Crippen molar-refractivity contribution in [1.82, 2.24) is 15.1 Å². The zero-order valence-corrected chi connectivity index (χ0v) is 20.3. The molecule has 1 aliphatic rings. The first-order valence-corrected chi connectivity index (χ1v) is 11.6. The van der Waals surface area contributed by atoms with Crippen molar-refractivity contribution >= 4 is 17.9 Å². The van der Waals surface area contributed by atoms with Gasteiger partial charge in [0.05, 0.1) is 11.9 Å². The van der Waals surface area contributed by atoms with Crippen LogP contribution >= 0.6 is 0 Å². The number of nitrogens with one attached hydrogen (secondary N) is 1. The molecule has 10 heteroatoms. The number of carbonyl (C=O) groups is 2. The predicted octanol–water partition coefficient (Wildman–Crippen LogP) is 6.52. The summed E-state index contributed by atoms with van der Waals surface area (Å²) in [7, 11) is 0. The molecule has 4 aromatic rings. The standard InChI is InChI=1S/C26H24N4O3.CH2O3/c1-16(23-15-27-13-14-28-23)32-26(31)29-24-17(2)33-30-25(24)22-11-9-21(10-12-22)20-7-5-19(6-8-20)18-3-4-18;2-1(3)4/h5-16,18H,3-4H2,1-2H3,(H,29,31);(H2,2,3,4). The number of rotatable bonds is 6. The molecule has 2 aromatic carbocycles. The van der Waals surface area contributed by atoms with Crippen LogP contribution in [0.15, 0.2) is 71.6 Å². The van der Waals surface area contributed by atoms with Crippen molar-refractivity contribution in [3.63, 3.8) is 0 Å². The average molecular weight is 503 g/mol. The molecule has 3 N–H and O–H groups in total. The summed E-state index contributed by atoms with van der Waals surface area (Å²) >= 11 is 0. The van der Waals surface area contributed by atoms with Gasteiger partial charge in [-0.3, -0.25) is 15.3 Å². The Morgan fingerprint density at radius 3 is 2.16 bits per heavy atom. The molecule has 37 heavy (non-hydrogen) atoms. The Hall–Kier alpha value is -4.73. The highest BCUT2D eigenvalue weighted by molar-refractivity contribution is 5.91. The van der Waals surface area contributed by atoms with E-state index in [1.165, 1.54) is 24.0 Å². The highest BCUT2D eigenvalue weighted by Gasteiger charge is 2.23. The Labute approximate surface area is 213 Å². The van der Waals surface area contributed by atoms with Gasteiger partial charge in [0.15, 0.2) is 5.76 Å². The number of anilines is 1. The fraction of sp³-hybridized carbons (Fsp3) is 0.222. The van der Waals surface area contributed by atoms with Crippen molar-refractivity contribution in [3.8, 4) is 22.4 Å². The Balaban J connectivity index is 0.000000747. The van der Waals surface area contributed by atoms with E-state index in [4.69, 9.17) is 24.3 Å². The van der Waals surface area contributed by atoms with Gasteiger partial charge in [0.2, 0.25) is 0 Å². The van der Waals surface area contributed by atoms with Crippen molar-refractivity contribution in [2.24, 2.45) is 0 Å². The second-order valence-corrected chi connectivity index (χ2v) is 8.52. The first-order valence-electron chi connectivity index (χ1n) is 11.6. The molecular weight excluding hydrogens is 476 g/mol. The van der Waals surface area contributed by atoms with Crippen molar-refractivity contribution in [2.45, 2.75) is 38.7 Å². The van der Waals surface area contributed by atoms with Crippen molar-refractivity contribution in [2.75, 3.05) is 5.32 Å². The van der Waals surface area contributed by atoms with E-state index >= 15 is 0 Å². The van der Waals surface area contributed by atoms with Crippen LogP contribution in [0.4, 0.5) is 15.3 Å². The first-order chi connectivity index (χ1) is 17.8. The van der Waals surface area contributed by atoms with Crippen LogP contribution < -0.4 is 5.32 Å². The zero-order valence-electron chi connectivity index (χ0n) is 20.3. The summed E-state index contributed by atoms with van der Waals surface area (Å²) in [5.41, 5.74) is 6.14. The van der Waals surface area contributed by atoms with Gasteiger partial charge in [0, 0.05) is 18.0 Å². The van der Waals surface area contributed by atoms with Crippen LogP contribution in [0.5, 0.6) is 0 Å². The Bertz CT molecular complexity index is 1350. The molecule has 1 atom stereocenters. The molecule has 0 saturated heterocycles. The number of carboxylic acid groups (broad SMARTS) is 2. The number of hydrogen-bond donors (Lipinski definition) is 3. The third-order valence-corrected chi connectivity index (χ3v) is 5.82. The number of nitrogens with zero attached hydrogens (tertiary/aromatic N) is 3. The molecule has 0 spiro atoms. The van der Waals surface area contributed by atoms with E-state index in [1.807, 2.05) is 24.3 Å². The van der Waals surface area contributed by atoms with Gasteiger partial charge >= 0.3 is 12.2 Å². The molecule has 0 radical (unpaired) electrons. The summed E-state index contributed by atoms with van der Waals surface area (Å²) in [4.78, 5) is 29.2. The minimum Gasteiger partial charge on any atom is -0.450 e. The Morgan fingerprint density at radius 1 is 1.00 bits per heavy atom. The lowest BCUT2D eigenvalue weighted by atomic mass is 10.00. The maximum atomic E-state index is 12.5. The zero-order chi connectivity index (χ0) is 26.4. The van der Waals surface area contributed by atoms with Gasteiger partial charge in [-0.1, -0.05) is 53.7 Å². The van der Waals surface area contributed by atoms with Crippen molar-refractivity contribution < 1.29 is 29.1 Å². The molecule has 5 rings (SSSR count). The van der Waals surface area contributed by atoms with Crippen LogP contribution in [0, 0.1) is 6.92 Å². The minimum absolute atomic E-state index is 0.480. The number of carbonyl (C=O) groups excluding carboxylic acids is 1. The summed E-state index contributed by atoms with van der Waals surface area (Å²) in [6, 6.07) is 16.8. The number of amides is 1. The lowest BCUT2D eigenvalue weighted by Gasteiger charge is -2.13. The van der Waals surface area contributed by atoms with Crippen LogP contribution in [0.3, 0.4) is 0 Å². The van der Waals surface area contributed by atoms with E-state index in [0.717, 1.165) is 17.0 Å². The summed E-state index contributed by atoms with van der Waals surface area (Å²) in [6.07, 6.45) is 4.29. The third kappa shape index (κ3) is 6.69. The normalized spacial score (nSPS) is 13.1. The average Bonchev–Trinajstić information content (AvgIpc) is 3.68. The smallest absolute Gasteiger partial charge is 0.450 e. The first kappa shape index (κ1) is 25.4. The Morgan fingerprint density at radius 2 is 1.59 bits per heavy atom.